The summed E-state index contributed by atoms with van der Waals surface area (Å²) in [6, 6.07) is 1.79. The number of nitrogens with two attached hydrogens (primary N) is 1. The van der Waals surface area contributed by atoms with Gasteiger partial charge in [0.15, 0.2) is 0 Å². The number of amides is 1. The van der Waals surface area contributed by atoms with Gasteiger partial charge in [-0.05, 0) is 32.3 Å². The van der Waals surface area contributed by atoms with Crippen LogP contribution in [0.4, 0.5) is 0 Å². The third kappa shape index (κ3) is 2.46. The van der Waals surface area contributed by atoms with E-state index in [1.807, 2.05) is 19.9 Å². The van der Waals surface area contributed by atoms with Crippen molar-refractivity contribution in [1.82, 2.24) is 15.1 Å². The predicted octanol–water partition coefficient (Wildman–Crippen LogP) is 0.700. The van der Waals surface area contributed by atoms with Crippen molar-refractivity contribution in [2.75, 3.05) is 6.61 Å². The Morgan fingerprint density at radius 2 is 2.38 bits per heavy atom. The first kappa shape index (κ1) is 14.5. The summed E-state index contributed by atoms with van der Waals surface area (Å²) in [5.41, 5.74) is 7.74. The van der Waals surface area contributed by atoms with E-state index in [1.54, 1.807) is 4.68 Å². The Kier molecular flexibility index (Phi) is 3.99. The highest BCUT2D eigenvalue weighted by atomic mass is 16.5. The number of fused-ring (bicyclic) bond motifs is 1. The second kappa shape index (κ2) is 5.77. The molecule has 3 N–H and O–H groups in total. The quantitative estimate of drug-likeness (QED) is 0.856. The molecule has 1 aliphatic carbocycles. The lowest BCUT2D eigenvalue weighted by Crippen LogP contribution is -2.72. The SMILES string of the molecule is CCc1cc(C(=O)NC2C(N)C3CCCOC32)n(CC)n1. The van der Waals surface area contributed by atoms with Crippen molar-refractivity contribution in [2.45, 2.75) is 57.8 Å². The molecule has 1 aromatic heterocycles. The highest BCUT2D eigenvalue weighted by Gasteiger charge is 2.51. The number of ether oxygens (including phenoxy) is 1. The highest BCUT2D eigenvalue weighted by Crippen LogP contribution is 2.37. The highest BCUT2D eigenvalue weighted by molar-refractivity contribution is 5.93. The molecule has 4 atom stereocenters. The summed E-state index contributed by atoms with van der Waals surface area (Å²) in [6.45, 7) is 5.47. The molecule has 0 spiro atoms. The van der Waals surface area contributed by atoms with Gasteiger partial charge in [0, 0.05) is 25.1 Å². The molecular weight excluding hydrogens is 268 g/mol. The second-order valence-corrected chi connectivity index (χ2v) is 5.91. The summed E-state index contributed by atoms with van der Waals surface area (Å²) >= 11 is 0. The lowest BCUT2D eigenvalue weighted by molar-refractivity contribution is -0.117. The molecule has 21 heavy (non-hydrogen) atoms. The van der Waals surface area contributed by atoms with Crippen LogP contribution < -0.4 is 11.1 Å². The maximum Gasteiger partial charge on any atom is 0.269 e. The molecule has 1 saturated heterocycles. The standard InChI is InChI=1S/C15H24N4O2/c1-3-9-8-11(19(4-2)18-9)15(20)17-13-12(16)10-6-5-7-21-14(10)13/h8,10,12-14H,3-7,16H2,1-2H3,(H,17,20). The Morgan fingerprint density at radius 1 is 1.57 bits per heavy atom. The number of aryl methyl sites for hydroxylation is 2. The van der Waals surface area contributed by atoms with E-state index in [9.17, 15) is 4.79 Å². The summed E-state index contributed by atoms with van der Waals surface area (Å²) in [5.74, 6) is 0.295. The Morgan fingerprint density at radius 3 is 3.10 bits per heavy atom. The smallest absolute Gasteiger partial charge is 0.269 e. The van der Waals surface area contributed by atoms with Crippen LogP contribution in [0.25, 0.3) is 0 Å². The average Bonchev–Trinajstić information content (AvgIpc) is 2.95. The molecule has 1 aliphatic heterocycles. The van der Waals surface area contributed by atoms with Gasteiger partial charge in [-0.2, -0.15) is 5.10 Å². The van der Waals surface area contributed by atoms with Crippen LogP contribution in [0.3, 0.4) is 0 Å². The normalized spacial score (nSPS) is 31.4. The molecule has 6 nitrogen and oxygen atoms in total. The van der Waals surface area contributed by atoms with Crippen molar-refractivity contribution in [1.29, 1.82) is 0 Å². The number of rotatable bonds is 4. The zero-order valence-corrected chi connectivity index (χ0v) is 12.7. The first-order valence-corrected chi connectivity index (χ1v) is 7.90. The van der Waals surface area contributed by atoms with Crippen LogP contribution in [0.1, 0.15) is 42.9 Å². The van der Waals surface area contributed by atoms with Gasteiger partial charge in [0.05, 0.1) is 17.8 Å². The molecule has 1 saturated carbocycles. The fourth-order valence-corrected chi connectivity index (χ4v) is 3.42. The Hall–Kier alpha value is -1.40. The number of hydrogen-bond donors (Lipinski definition) is 2. The number of hydrogen-bond acceptors (Lipinski definition) is 4. The summed E-state index contributed by atoms with van der Waals surface area (Å²) in [4.78, 5) is 12.5. The van der Waals surface area contributed by atoms with Crippen molar-refractivity contribution in [3.8, 4) is 0 Å². The van der Waals surface area contributed by atoms with E-state index in [0.29, 0.717) is 18.2 Å². The first-order chi connectivity index (χ1) is 10.2. The molecule has 2 aliphatic rings. The maximum atomic E-state index is 12.5. The predicted molar refractivity (Wildman–Crippen MR) is 79.0 cm³/mol. The van der Waals surface area contributed by atoms with Crippen LogP contribution in [-0.4, -0.2) is 40.5 Å². The van der Waals surface area contributed by atoms with E-state index in [4.69, 9.17) is 10.5 Å². The molecule has 0 radical (unpaired) electrons. The third-order valence-corrected chi connectivity index (χ3v) is 4.70. The minimum absolute atomic E-state index is 0.00268. The summed E-state index contributed by atoms with van der Waals surface area (Å²) in [6.07, 6.45) is 3.08. The van der Waals surface area contributed by atoms with Gasteiger partial charge in [0.1, 0.15) is 5.69 Å². The van der Waals surface area contributed by atoms with E-state index in [-0.39, 0.29) is 24.1 Å². The summed E-state index contributed by atoms with van der Waals surface area (Å²) in [5, 5.41) is 7.46. The molecule has 1 amide bonds. The lowest BCUT2D eigenvalue weighted by atomic mass is 9.68. The molecule has 2 heterocycles. The zero-order valence-electron chi connectivity index (χ0n) is 12.7. The number of carbonyl (C=O) groups excluding carboxylic acids is 1. The molecule has 2 fully saturated rings. The van der Waals surface area contributed by atoms with E-state index >= 15 is 0 Å². The number of aromatic nitrogens is 2. The lowest BCUT2D eigenvalue weighted by Gasteiger charge is -2.52. The van der Waals surface area contributed by atoms with Crippen LogP contribution >= 0.6 is 0 Å². The number of nitrogens with zero attached hydrogens (tertiary/aromatic N) is 2. The molecule has 1 aromatic rings. The maximum absolute atomic E-state index is 12.5. The van der Waals surface area contributed by atoms with Crippen LogP contribution in [0.5, 0.6) is 0 Å². The van der Waals surface area contributed by atoms with Gasteiger partial charge in [-0.3, -0.25) is 9.48 Å². The largest absolute Gasteiger partial charge is 0.376 e. The van der Waals surface area contributed by atoms with Crippen molar-refractivity contribution in [2.24, 2.45) is 11.7 Å². The van der Waals surface area contributed by atoms with E-state index < -0.39 is 0 Å². The van der Waals surface area contributed by atoms with Gasteiger partial charge in [-0.15, -0.1) is 0 Å². The topological polar surface area (TPSA) is 82.2 Å². The van der Waals surface area contributed by atoms with E-state index in [2.05, 4.69) is 10.4 Å². The van der Waals surface area contributed by atoms with Gasteiger partial charge < -0.3 is 15.8 Å². The minimum Gasteiger partial charge on any atom is -0.376 e. The first-order valence-electron chi connectivity index (χ1n) is 7.90. The average molecular weight is 292 g/mol. The second-order valence-electron chi connectivity index (χ2n) is 5.91. The molecule has 3 rings (SSSR count). The van der Waals surface area contributed by atoms with Gasteiger partial charge in [0.25, 0.3) is 5.91 Å². The fourth-order valence-electron chi connectivity index (χ4n) is 3.42. The molecule has 6 heteroatoms. The van der Waals surface area contributed by atoms with E-state index in [1.165, 1.54) is 0 Å². The van der Waals surface area contributed by atoms with Gasteiger partial charge in [0.2, 0.25) is 0 Å². The Balaban J connectivity index is 1.70. The van der Waals surface area contributed by atoms with Gasteiger partial charge >= 0.3 is 0 Å². The molecule has 0 bridgehead atoms. The summed E-state index contributed by atoms with van der Waals surface area (Å²) in [7, 11) is 0. The Bertz CT molecular complexity index is 528. The van der Waals surface area contributed by atoms with Gasteiger partial charge in [-0.25, -0.2) is 0 Å². The number of nitrogens with one attached hydrogen (secondary N) is 1. The van der Waals surface area contributed by atoms with Crippen LogP contribution in [0.15, 0.2) is 6.07 Å². The van der Waals surface area contributed by atoms with Crippen molar-refractivity contribution in [3.05, 3.63) is 17.5 Å². The van der Waals surface area contributed by atoms with Crippen molar-refractivity contribution >= 4 is 5.91 Å². The molecule has 4 unspecified atom stereocenters. The number of carbonyl (C=O) groups is 1. The van der Waals surface area contributed by atoms with Gasteiger partial charge in [-0.1, -0.05) is 6.92 Å². The monoisotopic (exact) mass is 292 g/mol. The van der Waals surface area contributed by atoms with Crippen molar-refractivity contribution < 1.29 is 9.53 Å². The zero-order chi connectivity index (χ0) is 15.0. The summed E-state index contributed by atoms with van der Waals surface area (Å²) < 4.78 is 7.51. The van der Waals surface area contributed by atoms with Crippen molar-refractivity contribution in [3.63, 3.8) is 0 Å². The van der Waals surface area contributed by atoms with Crippen LogP contribution in [-0.2, 0) is 17.7 Å². The van der Waals surface area contributed by atoms with E-state index in [0.717, 1.165) is 31.6 Å². The fraction of sp³-hybridized carbons (Fsp3) is 0.733. The van der Waals surface area contributed by atoms with Crippen LogP contribution in [0, 0.1) is 5.92 Å². The minimum atomic E-state index is -0.0999. The molecule has 116 valence electrons. The molecular formula is C15H24N4O2. The van der Waals surface area contributed by atoms with Crippen LogP contribution in [0.2, 0.25) is 0 Å². The Labute approximate surface area is 125 Å². The third-order valence-electron chi connectivity index (χ3n) is 4.70. The molecule has 0 aromatic carbocycles.